The second kappa shape index (κ2) is 8.88. The van der Waals surface area contributed by atoms with Crippen molar-refractivity contribution >= 4 is 19.9 Å². The highest BCUT2D eigenvalue weighted by Gasteiger charge is 2.27. The number of hydrogen-bond donors (Lipinski definition) is 2. The molecule has 9 heteroatoms. The molecule has 0 aliphatic rings. The Morgan fingerprint density at radius 2 is 1.58 bits per heavy atom. The number of nitrogens with zero attached hydrogens (tertiary/aromatic N) is 1. The van der Waals surface area contributed by atoms with Gasteiger partial charge in [0.05, 0.1) is 26.5 Å². The number of pyridine rings is 1. The summed E-state index contributed by atoms with van der Waals surface area (Å²) in [5.74, 6) is -0.285. The summed E-state index contributed by atoms with van der Waals surface area (Å²) in [7, 11) is -8.23. The lowest BCUT2D eigenvalue weighted by Gasteiger charge is -2.21. The molecule has 1 unspecified atom stereocenters. The molecule has 7 nitrogen and oxygen atoms in total. The van der Waals surface area contributed by atoms with E-state index in [1.165, 1.54) is 24.4 Å². The first-order valence-corrected chi connectivity index (χ1v) is 12.6. The van der Waals surface area contributed by atoms with Gasteiger partial charge < -0.3 is 5.11 Å². The number of aromatic nitrogens is 1. The lowest BCUT2D eigenvalue weighted by Crippen LogP contribution is -2.19. The molecule has 31 heavy (non-hydrogen) atoms. The van der Waals surface area contributed by atoms with Gasteiger partial charge >= 0.3 is 0 Å². The van der Waals surface area contributed by atoms with Crippen LogP contribution in [0.5, 0.6) is 0 Å². The molecule has 1 heterocycles. The molecule has 0 fully saturated rings. The minimum absolute atomic E-state index is 0.0226. The van der Waals surface area contributed by atoms with Crippen LogP contribution in [-0.4, -0.2) is 26.9 Å². The van der Waals surface area contributed by atoms with Gasteiger partial charge in [-0.15, -0.1) is 0 Å². The van der Waals surface area contributed by atoms with E-state index in [0.29, 0.717) is 16.8 Å². The number of sulfone groups is 1. The molecule has 0 aliphatic carbocycles. The Bertz CT molecular complexity index is 1270. The first-order valence-electron chi connectivity index (χ1n) is 9.60. The third-order valence-corrected chi connectivity index (χ3v) is 7.59. The fraction of sp³-hybridized carbons (Fsp3) is 0.227. The van der Waals surface area contributed by atoms with Crippen LogP contribution < -0.4 is 5.14 Å². The van der Waals surface area contributed by atoms with Crippen molar-refractivity contribution in [3.8, 4) is 0 Å². The molecule has 0 aliphatic heterocycles. The second-order valence-electron chi connectivity index (χ2n) is 7.48. The van der Waals surface area contributed by atoms with Crippen molar-refractivity contribution < 1.29 is 21.9 Å². The number of sulfonamides is 1. The summed E-state index contributed by atoms with van der Waals surface area (Å²) in [5, 5.41) is 16.2. The highest BCUT2D eigenvalue weighted by Crippen LogP contribution is 2.34. The van der Waals surface area contributed by atoms with Crippen LogP contribution in [-0.2, 0) is 26.3 Å². The Hall–Kier alpha value is -2.59. The van der Waals surface area contributed by atoms with Crippen LogP contribution in [0.1, 0.15) is 42.7 Å². The van der Waals surface area contributed by atoms with Crippen molar-refractivity contribution in [3.05, 3.63) is 83.7 Å². The third-order valence-electron chi connectivity index (χ3n) is 4.89. The van der Waals surface area contributed by atoms with Gasteiger partial charge in [0, 0.05) is 12.6 Å². The van der Waals surface area contributed by atoms with E-state index in [2.05, 4.69) is 4.98 Å². The summed E-state index contributed by atoms with van der Waals surface area (Å²) in [6.45, 7) is 3.57. The topological polar surface area (TPSA) is 127 Å². The second-order valence-corrected chi connectivity index (χ2v) is 11.0. The maximum Gasteiger partial charge on any atom is 0.238 e. The molecule has 3 N–H and O–H groups in total. The molecule has 0 amide bonds. The quantitative estimate of drug-likeness (QED) is 0.558. The number of benzene rings is 2. The molecule has 3 rings (SSSR count). The van der Waals surface area contributed by atoms with E-state index in [1.54, 1.807) is 50.2 Å². The van der Waals surface area contributed by atoms with E-state index in [-0.39, 0.29) is 27.0 Å². The normalized spacial score (nSPS) is 13.3. The first kappa shape index (κ1) is 23.1. The number of nitrogens with two attached hydrogens (primary N) is 1. The molecular formula is C22H24N2O5S2. The zero-order valence-corrected chi connectivity index (χ0v) is 18.8. The molecule has 0 radical (unpaired) electrons. The molecular weight excluding hydrogens is 436 g/mol. The van der Waals surface area contributed by atoms with Crippen molar-refractivity contribution in [2.45, 2.75) is 47.0 Å². The Morgan fingerprint density at radius 1 is 0.935 bits per heavy atom. The van der Waals surface area contributed by atoms with Crippen molar-refractivity contribution in [3.63, 3.8) is 0 Å². The van der Waals surface area contributed by atoms with Crippen LogP contribution in [0.2, 0.25) is 0 Å². The number of aliphatic hydroxyl groups excluding tert-OH is 1. The zero-order valence-electron chi connectivity index (χ0n) is 17.1. The van der Waals surface area contributed by atoms with Crippen molar-refractivity contribution in [1.29, 1.82) is 0 Å². The molecule has 0 spiro atoms. The standard InChI is InChI=1S/C22H24N2O5S2/c1-15(2)22-16(13-20(25)19-10-6-7-11-24-19)12-18(14-21(22)31(23,28)29)30(26,27)17-8-4-3-5-9-17/h3-12,14-15,20,25H,13H2,1-2H3,(H2,23,28,29). The number of hydrogen-bond acceptors (Lipinski definition) is 6. The molecule has 1 aromatic heterocycles. The SMILES string of the molecule is CC(C)c1c(CC(O)c2ccccn2)cc(S(=O)(=O)c2ccccc2)cc1S(N)(=O)=O. The van der Waals surface area contributed by atoms with Crippen LogP contribution in [0.25, 0.3) is 0 Å². The number of primary sulfonamides is 1. The van der Waals surface area contributed by atoms with E-state index in [4.69, 9.17) is 5.14 Å². The van der Waals surface area contributed by atoms with E-state index >= 15 is 0 Å². The summed E-state index contributed by atoms with van der Waals surface area (Å²) < 4.78 is 51.2. The highest BCUT2D eigenvalue weighted by molar-refractivity contribution is 7.91. The Morgan fingerprint density at radius 3 is 2.13 bits per heavy atom. The van der Waals surface area contributed by atoms with Crippen LogP contribution >= 0.6 is 0 Å². The summed E-state index contributed by atoms with van der Waals surface area (Å²) >= 11 is 0. The third kappa shape index (κ3) is 5.01. The average molecular weight is 461 g/mol. The monoisotopic (exact) mass is 460 g/mol. The first-order chi connectivity index (χ1) is 14.5. The van der Waals surface area contributed by atoms with E-state index in [1.807, 2.05) is 0 Å². The Labute approximate surface area is 182 Å². The lowest BCUT2D eigenvalue weighted by molar-refractivity contribution is 0.173. The molecule has 164 valence electrons. The average Bonchev–Trinajstić information content (AvgIpc) is 2.73. The molecule has 0 saturated heterocycles. The van der Waals surface area contributed by atoms with Crippen LogP contribution in [0.15, 0.2) is 81.5 Å². The smallest absolute Gasteiger partial charge is 0.238 e. The van der Waals surface area contributed by atoms with Gasteiger partial charge in [-0.3, -0.25) is 4.98 Å². The van der Waals surface area contributed by atoms with Crippen LogP contribution in [0.3, 0.4) is 0 Å². The summed E-state index contributed by atoms with van der Waals surface area (Å²) in [5.41, 5.74) is 1.16. The molecule has 1 atom stereocenters. The molecule has 2 aromatic carbocycles. The highest BCUT2D eigenvalue weighted by atomic mass is 32.2. The van der Waals surface area contributed by atoms with E-state index < -0.39 is 26.0 Å². The molecule has 0 saturated carbocycles. The van der Waals surface area contributed by atoms with Crippen molar-refractivity contribution in [2.24, 2.45) is 5.14 Å². The van der Waals surface area contributed by atoms with Gasteiger partial charge in [-0.1, -0.05) is 38.1 Å². The number of rotatable bonds is 7. The Kier molecular flexibility index (Phi) is 6.61. The van der Waals surface area contributed by atoms with E-state index in [9.17, 15) is 21.9 Å². The molecule has 0 bridgehead atoms. The van der Waals surface area contributed by atoms with Crippen molar-refractivity contribution in [1.82, 2.24) is 4.98 Å². The number of aliphatic hydroxyl groups is 1. The largest absolute Gasteiger partial charge is 0.386 e. The maximum absolute atomic E-state index is 13.2. The van der Waals surface area contributed by atoms with Gasteiger partial charge in [0.1, 0.15) is 0 Å². The van der Waals surface area contributed by atoms with E-state index in [0.717, 1.165) is 6.07 Å². The minimum Gasteiger partial charge on any atom is -0.386 e. The predicted molar refractivity (Wildman–Crippen MR) is 117 cm³/mol. The van der Waals surface area contributed by atoms with Gasteiger partial charge in [-0.2, -0.15) is 0 Å². The maximum atomic E-state index is 13.2. The fourth-order valence-corrected chi connectivity index (χ4v) is 5.89. The van der Waals surface area contributed by atoms with Gasteiger partial charge in [0.15, 0.2) is 0 Å². The van der Waals surface area contributed by atoms with Crippen LogP contribution in [0, 0.1) is 0 Å². The van der Waals surface area contributed by atoms with Gasteiger partial charge in [-0.05, 0) is 53.4 Å². The molecule has 3 aromatic rings. The lowest BCUT2D eigenvalue weighted by atomic mass is 9.93. The summed E-state index contributed by atoms with van der Waals surface area (Å²) in [6, 6.07) is 15.3. The van der Waals surface area contributed by atoms with Crippen molar-refractivity contribution in [2.75, 3.05) is 0 Å². The zero-order chi connectivity index (χ0) is 22.8. The van der Waals surface area contributed by atoms with Gasteiger partial charge in [0.25, 0.3) is 0 Å². The van der Waals surface area contributed by atoms with Gasteiger partial charge in [0.2, 0.25) is 19.9 Å². The predicted octanol–water partition coefficient (Wildman–Crippen LogP) is 2.96. The van der Waals surface area contributed by atoms with Gasteiger partial charge in [-0.25, -0.2) is 22.0 Å². The Balaban J connectivity index is 2.24. The fourth-order valence-electron chi connectivity index (χ4n) is 3.49. The summed E-state index contributed by atoms with van der Waals surface area (Å²) in [4.78, 5) is 3.70. The van der Waals surface area contributed by atoms with Crippen LogP contribution in [0.4, 0.5) is 0 Å². The summed E-state index contributed by atoms with van der Waals surface area (Å²) in [6.07, 6.45) is 0.459. The minimum atomic E-state index is -4.23.